The monoisotopic (exact) mass is 464 g/mol. The van der Waals surface area contributed by atoms with Gasteiger partial charge in [0.15, 0.2) is 11.8 Å². The van der Waals surface area contributed by atoms with Crippen LogP contribution in [0, 0.1) is 0 Å². The normalized spacial score (nSPS) is 16.5. The predicted molar refractivity (Wildman–Crippen MR) is 121 cm³/mol. The van der Waals surface area contributed by atoms with E-state index in [1.807, 2.05) is 6.92 Å². The molecule has 0 spiro atoms. The summed E-state index contributed by atoms with van der Waals surface area (Å²) in [6, 6.07) is 12.0. The van der Waals surface area contributed by atoms with E-state index in [0.29, 0.717) is 32.9 Å². The van der Waals surface area contributed by atoms with E-state index in [0.717, 1.165) is 6.42 Å². The predicted octanol–water partition coefficient (Wildman–Crippen LogP) is 5.47. The highest BCUT2D eigenvalue weighted by molar-refractivity contribution is 8.18. The number of aliphatic imine (C=N–C) groups is 1. The Morgan fingerprint density at radius 2 is 1.97 bits per heavy atom. The van der Waals surface area contributed by atoms with Crippen LogP contribution in [0.5, 0.6) is 5.75 Å². The molecular weight excluding hydrogens is 447 g/mol. The average molecular weight is 465 g/mol. The van der Waals surface area contributed by atoms with Crippen molar-refractivity contribution in [1.29, 1.82) is 0 Å². The Hall–Kier alpha value is -2.48. The molecule has 1 fully saturated rings. The van der Waals surface area contributed by atoms with Crippen molar-refractivity contribution in [2.75, 3.05) is 13.2 Å². The lowest BCUT2D eigenvalue weighted by molar-refractivity contribution is -0.139. The number of aliphatic carboxylic acids is 1. The Bertz CT molecular complexity index is 1020. The molecule has 3 rings (SSSR count). The van der Waals surface area contributed by atoms with Crippen LogP contribution in [0.1, 0.15) is 18.9 Å². The number of hydrogen-bond acceptors (Lipinski definition) is 5. The second-order valence-corrected chi connectivity index (χ2v) is 8.16. The zero-order chi connectivity index (χ0) is 21.7. The maximum Gasteiger partial charge on any atom is 0.341 e. The van der Waals surface area contributed by atoms with Gasteiger partial charge in [-0.25, -0.2) is 9.79 Å². The van der Waals surface area contributed by atoms with E-state index in [1.165, 1.54) is 11.8 Å². The molecule has 0 bridgehead atoms. The van der Waals surface area contributed by atoms with Crippen LogP contribution < -0.4 is 4.74 Å². The van der Waals surface area contributed by atoms with Gasteiger partial charge in [0.2, 0.25) is 0 Å². The lowest BCUT2D eigenvalue weighted by atomic mass is 10.2. The van der Waals surface area contributed by atoms with Crippen molar-refractivity contribution in [3.63, 3.8) is 0 Å². The molecule has 2 aromatic rings. The fourth-order valence-electron chi connectivity index (χ4n) is 2.65. The lowest BCUT2D eigenvalue weighted by Crippen LogP contribution is -2.29. The van der Waals surface area contributed by atoms with Crippen LogP contribution in [0.15, 0.2) is 52.4 Å². The van der Waals surface area contributed by atoms with Crippen molar-refractivity contribution >= 4 is 63.8 Å². The third kappa shape index (κ3) is 5.56. The second kappa shape index (κ2) is 10.0. The summed E-state index contributed by atoms with van der Waals surface area (Å²) in [5, 5.41) is 10.2. The SMILES string of the molecule is CCCN1C(=O)/C(=C/c2ccc(OCC(=O)O)c(Cl)c2)SC1=Nc1ccc(Cl)cc1. The average Bonchev–Trinajstić information content (AvgIpc) is 2.98. The second-order valence-electron chi connectivity index (χ2n) is 6.31. The number of benzene rings is 2. The van der Waals surface area contributed by atoms with Crippen LogP contribution in [-0.2, 0) is 9.59 Å². The first-order valence-electron chi connectivity index (χ1n) is 9.07. The Morgan fingerprint density at radius 3 is 2.60 bits per heavy atom. The van der Waals surface area contributed by atoms with Crippen LogP contribution >= 0.6 is 35.0 Å². The molecule has 6 nitrogen and oxygen atoms in total. The standard InChI is InChI=1S/C21H18Cl2N2O4S/c1-2-9-25-20(28)18(30-21(25)24-15-6-4-14(22)5-7-15)11-13-3-8-17(16(23)10-13)29-12-19(26)27/h3-8,10-11H,2,9,12H2,1H3,(H,26,27)/b18-11-,24-21?. The maximum absolute atomic E-state index is 12.9. The quantitative estimate of drug-likeness (QED) is 0.549. The molecule has 0 atom stereocenters. The molecule has 2 aromatic carbocycles. The van der Waals surface area contributed by atoms with E-state index < -0.39 is 12.6 Å². The summed E-state index contributed by atoms with van der Waals surface area (Å²) in [5.41, 5.74) is 1.41. The Morgan fingerprint density at radius 1 is 1.23 bits per heavy atom. The van der Waals surface area contributed by atoms with Crippen molar-refractivity contribution < 1.29 is 19.4 Å². The number of hydrogen-bond donors (Lipinski definition) is 1. The van der Waals surface area contributed by atoms with Crippen LogP contribution in [0.25, 0.3) is 6.08 Å². The topological polar surface area (TPSA) is 79.2 Å². The first kappa shape index (κ1) is 22.2. The van der Waals surface area contributed by atoms with E-state index in [4.69, 9.17) is 33.0 Å². The van der Waals surface area contributed by atoms with E-state index in [-0.39, 0.29) is 16.7 Å². The number of carboxylic acids is 1. The minimum absolute atomic E-state index is 0.128. The number of amides is 1. The first-order chi connectivity index (χ1) is 14.4. The number of thioether (sulfide) groups is 1. The molecule has 0 unspecified atom stereocenters. The number of amidine groups is 1. The highest BCUT2D eigenvalue weighted by Gasteiger charge is 2.32. The maximum atomic E-state index is 12.9. The number of rotatable bonds is 7. The van der Waals surface area contributed by atoms with Gasteiger partial charge >= 0.3 is 5.97 Å². The van der Waals surface area contributed by atoms with Crippen LogP contribution in [-0.4, -0.2) is 40.2 Å². The van der Waals surface area contributed by atoms with E-state index in [1.54, 1.807) is 53.4 Å². The molecule has 9 heteroatoms. The highest BCUT2D eigenvalue weighted by Crippen LogP contribution is 2.35. The zero-order valence-electron chi connectivity index (χ0n) is 16.0. The molecule has 1 heterocycles. The summed E-state index contributed by atoms with van der Waals surface area (Å²) in [7, 11) is 0. The first-order valence-corrected chi connectivity index (χ1v) is 10.6. The fraction of sp³-hybridized carbons (Fsp3) is 0.190. The Labute approximate surface area is 188 Å². The number of ether oxygens (including phenoxy) is 1. The van der Waals surface area contributed by atoms with E-state index in [2.05, 4.69) is 4.99 Å². The molecule has 0 radical (unpaired) electrons. The Kier molecular flexibility index (Phi) is 7.42. The van der Waals surface area contributed by atoms with Gasteiger partial charge in [-0.2, -0.15) is 0 Å². The number of carboxylic acid groups (broad SMARTS) is 1. The minimum Gasteiger partial charge on any atom is -0.480 e. The van der Waals surface area contributed by atoms with E-state index in [9.17, 15) is 9.59 Å². The highest BCUT2D eigenvalue weighted by atomic mass is 35.5. The molecule has 1 N–H and O–H groups in total. The summed E-state index contributed by atoms with van der Waals surface area (Å²) in [4.78, 5) is 30.3. The van der Waals surface area contributed by atoms with Gasteiger partial charge in [-0.3, -0.25) is 9.69 Å². The molecule has 0 aromatic heterocycles. The smallest absolute Gasteiger partial charge is 0.341 e. The zero-order valence-corrected chi connectivity index (χ0v) is 18.3. The van der Waals surface area contributed by atoms with Crippen molar-refractivity contribution in [2.45, 2.75) is 13.3 Å². The summed E-state index contributed by atoms with van der Waals surface area (Å²) in [6.07, 6.45) is 2.52. The van der Waals surface area contributed by atoms with Gasteiger partial charge in [-0.1, -0.05) is 36.2 Å². The number of carbonyl (C=O) groups excluding carboxylic acids is 1. The summed E-state index contributed by atoms with van der Waals surface area (Å²) < 4.78 is 5.12. The van der Waals surface area contributed by atoms with E-state index >= 15 is 0 Å². The molecule has 30 heavy (non-hydrogen) atoms. The van der Waals surface area contributed by atoms with Crippen molar-refractivity contribution in [1.82, 2.24) is 4.90 Å². The third-order valence-electron chi connectivity index (χ3n) is 3.99. The van der Waals surface area contributed by atoms with Gasteiger partial charge < -0.3 is 9.84 Å². The van der Waals surface area contributed by atoms with Crippen LogP contribution in [0.2, 0.25) is 10.0 Å². The van der Waals surface area contributed by atoms with Crippen molar-refractivity contribution in [2.24, 2.45) is 4.99 Å². The molecule has 1 aliphatic heterocycles. The van der Waals surface area contributed by atoms with Gasteiger partial charge in [0.25, 0.3) is 5.91 Å². The molecule has 0 aliphatic carbocycles. The van der Waals surface area contributed by atoms with Gasteiger partial charge in [0.1, 0.15) is 5.75 Å². The number of halogens is 2. The van der Waals surface area contributed by atoms with Gasteiger partial charge in [-0.15, -0.1) is 0 Å². The largest absolute Gasteiger partial charge is 0.480 e. The number of carbonyl (C=O) groups is 2. The van der Waals surface area contributed by atoms with Gasteiger partial charge in [0, 0.05) is 11.6 Å². The van der Waals surface area contributed by atoms with Gasteiger partial charge in [-0.05, 0) is 66.2 Å². The summed E-state index contributed by atoms with van der Waals surface area (Å²) >= 11 is 13.4. The molecule has 1 amide bonds. The van der Waals surface area contributed by atoms with Crippen molar-refractivity contribution in [3.8, 4) is 5.75 Å². The third-order valence-corrected chi connectivity index (χ3v) is 5.55. The summed E-state index contributed by atoms with van der Waals surface area (Å²) in [5.74, 6) is -0.949. The fourth-order valence-corrected chi connectivity index (χ4v) is 4.05. The Balaban J connectivity index is 1.85. The summed E-state index contributed by atoms with van der Waals surface area (Å²) in [6.45, 7) is 2.07. The number of nitrogens with zero attached hydrogens (tertiary/aromatic N) is 2. The van der Waals surface area contributed by atoms with Crippen LogP contribution in [0.4, 0.5) is 5.69 Å². The molecule has 1 saturated heterocycles. The molecular formula is C21H18Cl2N2O4S. The molecule has 156 valence electrons. The lowest BCUT2D eigenvalue weighted by Gasteiger charge is -2.13. The van der Waals surface area contributed by atoms with Gasteiger partial charge in [0.05, 0.1) is 15.6 Å². The molecule has 0 saturated carbocycles. The minimum atomic E-state index is -1.09. The van der Waals surface area contributed by atoms with Crippen LogP contribution in [0.3, 0.4) is 0 Å². The molecule has 1 aliphatic rings. The van der Waals surface area contributed by atoms with Crippen molar-refractivity contribution in [3.05, 3.63) is 63.0 Å².